The van der Waals surface area contributed by atoms with Crippen LogP contribution in [0.1, 0.15) is 78.6 Å². The summed E-state index contributed by atoms with van der Waals surface area (Å²) in [5, 5.41) is 0. The molecule has 7 atom stereocenters. The Hall–Kier alpha value is -1.28. The van der Waals surface area contributed by atoms with E-state index in [0.717, 1.165) is 63.7 Å². The molecule has 4 amide bonds. The van der Waals surface area contributed by atoms with E-state index in [0.29, 0.717) is 42.7 Å². The highest BCUT2D eigenvalue weighted by atomic mass is 32.2. The molecule has 0 spiro atoms. The van der Waals surface area contributed by atoms with Crippen LogP contribution in [-0.4, -0.2) is 78.6 Å². The van der Waals surface area contributed by atoms with Gasteiger partial charge in [-0.1, -0.05) is 20.8 Å². The number of nitrogens with zero attached hydrogens (tertiary/aromatic N) is 3. The molecule has 0 radical (unpaired) electrons. The number of hydrogen-bond donors (Lipinski definition) is 1. The highest BCUT2D eigenvalue weighted by Gasteiger charge is 2.62. The summed E-state index contributed by atoms with van der Waals surface area (Å²) in [6.45, 7) is 8.12. The van der Waals surface area contributed by atoms with E-state index in [4.69, 9.17) is 0 Å². The molecule has 1 aliphatic heterocycles. The van der Waals surface area contributed by atoms with Crippen molar-refractivity contribution in [2.24, 2.45) is 34.5 Å². The van der Waals surface area contributed by atoms with Gasteiger partial charge in [0, 0.05) is 37.7 Å². The molecule has 3 aliphatic carbocycles. The van der Waals surface area contributed by atoms with Gasteiger partial charge in [-0.2, -0.15) is 0 Å². The van der Waals surface area contributed by atoms with Crippen LogP contribution >= 0.6 is 11.9 Å². The molecule has 4 rings (SSSR count). The average molecular weight is 521 g/mol. The maximum Gasteiger partial charge on any atom is 0.334 e. The van der Waals surface area contributed by atoms with Crippen LogP contribution in [-0.2, 0) is 9.59 Å². The van der Waals surface area contributed by atoms with Crippen molar-refractivity contribution >= 4 is 29.8 Å². The van der Waals surface area contributed by atoms with Crippen LogP contribution in [0.2, 0.25) is 0 Å². The molecule has 0 aromatic heterocycles. The molecule has 0 bridgehead atoms. The Morgan fingerprint density at radius 2 is 1.75 bits per heavy atom. The lowest BCUT2D eigenvalue weighted by atomic mass is 9.47. The van der Waals surface area contributed by atoms with Crippen LogP contribution in [0.15, 0.2) is 0 Å². The van der Waals surface area contributed by atoms with E-state index in [2.05, 4.69) is 23.5 Å². The van der Waals surface area contributed by atoms with E-state index >= 15 is 0 Å². The van der Waals surface area contributed by atoms with Gasteiger partial charge < -0.3 is 9.80 Å². The first kappa shape index (κ1) is 27.7. The second-order valence-electron chi connectivity index (χ2n) is 12.6. The van der Waals surface area contributed by atoms with E-state index < -0.39 is 0 Å². The fourth-order valence-corrected chi connectivity index (χ4v) is 9.17. The van der Waals surface area contributed by atoms with Crippen molar-refractivity contribution < 1.29 is 14.4 Å². The third kappa shape index (κ3) is 4.81. The Morgan fingerprint density at radius 3 is 2.44 bits per heavy atom. The number of piperidine rings is 1. The van der Waals surface area contributed by atoms with Crippen molar-refractivity contribution in [1.29, 1.82) is 0 Å². The minimum Gasteiger partial charge on any atom is -0.342 e. The van der Waals surface area contributed by atoms with E-state index in [1.807, 2.05) is 33.0 Å². The highest BCUT2D eigenvalue weighted by Crippen LogP contribution is 2.66. The van der Waals surface area contributed by atoms with Crippen molar-refractivity contribution in [3.05, 3.63) is 0 Å². The molecule has 0 unspecified atom stereocenters. The third-order valence-electron chi connectivity index (χ3n) is 10.7. The molecule has 7 nitrogen and oxygen atoms in total. The van der Waals surface area contributed by atoms with Gasteiger partial charge in [-0.3, -0.25) is 19.2 Å². The molecule has 1 saturated heterocycles. The molecule has 36 heavy (non-hydrogen) atoms. The number of nitrogens with one attached hydrogen (secondary N) is 1. The van der Waals surface area contributed by atoms with Crippen molar-refractivity contribution in [1.82, 2.24) is 19.4 Å². The first-order chi connectivity index (χ1) is 17.0. The minimum atomic E-state index is -0.255. The molecule has 3 saturated carbocycles. The molecule has 1 N–H and O–H groups in total. The van der Waals surface area contributed by atoms with E-state index in [9.17, 15) is 14.4 Å². The third-order valence-corrected chi connectivity index (χ3v) is 11.3. The maximum atomic E-state index is 14.0. The van der Waals surface area contributed by atoms with Crippen LogP contribution in [0.5, 0.6) is 0 Å². The molecule has 204 valence electrons. The van der Waals surface area contributed by atoms with Gasteiger partial charge in [0.1, 0.15) is 0 Å². The summed E-state index contributed by atoms with van der Waals surface area (Å²) >= 11 is 1.36. The summed E-state index contributed by atoms with van der Waals surface area (Å²) in [5.41, 5.74) is 0.139. The number of fused-ring (bicyclic) bond motifs is 5. The topological polar surface area (TPSA) is 73.0 Å². The zero-order valence-corrected chi connectivity index (χ0v) is 24.2. The molecule has 4 aliphatic rings. The fraction of sp³-hybridized carbons (Fsp3) is 0.893. The highest BCUT2D eigenvalue weighted by molar-refractivity contribution is 7.97. The largest absolute Gasteiger partial charge is 0.342 e. The molecule has 1 heterocycles. The fourth-order valence-electron chi connectivity index (χ4n) is 8.79. The van der Waals surface area contributed by atoms with Gasteiger partial charge in [0.2, 0.25) is 11.8 Å². The predicted molar refractivity (Wildman–Crippen MR) is 145 cm³/mol. The van der Waals surface area contributed by atoms with Crippen molar-refractivity contribution in [3.63, 3.8) is 0 Å². The zero-order valence-electron chi connectivity index (χ0n) is 23.3. The summed E-state index contributed by atoms with van der Waals surface area (Å²) in [6.07, 6.45) is 8.85. The number of rotatable bonds is 7. The maximum absolute atomic E-state index is 14.0. The number of likely N-dealkylation sites (tertiary alicyclic amines) is 1. The van der Waals surface area contributed by atoms with Crippen molar-refractivity contribution in [2.75, 3.05) is 40.0 Å². The van der Waals surface area contributed by atoms with Crippen LogP contribution in [0.3, 0.4) is 0 Å². The van der Waals surface area contributed by atoms with E-state index in [-0.39, 0.29) is 28.7 Å². The number of imide groups is 1. The SMILES string of the molecule is CCSNC(=O)N(CCCN(C)C)C(=O)[C@H]1CC[C@H]2[C@@H]3CC[C@H]4N(C)C(=O)CC[C@]4(C)[C@H]3CC[C@]12C. The van der Waals surface area contributed by atoms with Gasteiger partial charge in [-0.05, 0) is 113 Å². The van der Waals surface area contributed by atoms with Crippen LogP contribution in [0.25, 0.3) is 0 Å². The summed E-state index contributed by atoms with van der Waals surface area (Å²) in [5.74, 6) is 2.81. The van der Waals surface area contributed by atoms with Gasteiger partial charge in [0.25, 0.3) is 0 Å². The number of urea groups is 1. The van der Waals surface area contributed by atoms with Crippen LogP contribution in [0, 0.1) is 34.5 Å². The van der Waals surface area contributed by atoms with Crippen LogP contribution in [0.4, 0.5) is 4.79 Å². The van der Waals surface area contributed by atoms with Crippen molar-refractivity contribution in [2.45, 2.75) is 84.6 Å². The Labute approximate surface area is 222 Å². The van der Waals surface area contributed by atoms with E-state index in [1.165, 1.54) is 16.8 Å². The summed E-state index contributed by atoms with van der Waals surface area (Å²) in [7, 11) is 6.06. The predicted octanol–water partition coefficient (Wildman–Crippen LogP) is 4.62. The number of carbonyl (C=O) groups is 3. The van der Waals surface area contributed by atoms with Gasteiger partial charge in [-0.15, -0.1) is 0 Å². The van der Waals surface area contributed by atoms with E-state index in [1.54, 1.807) is 0 Å². The Balaban J connectivity index is 1.52. The molecule has 4 fully saturated rings. The first-order valence-corrected chi connectivity index (χ1v) is 15.2. The monoisotopic (exact) mass is 520 g/mol. The zero-order chi connectivity index (χ0) is 26.3. The van der Waals surface area contributed by atoms with Gasteiger partial charge >= 0.3 is 6.03 Å². The van der Waals surface area contributed by atoms with Gasteiger partial charge in [0.15, 0.2) is 0 Å². The number of carbonyl (C=O) groups excluding carboxylic acids is 3. The first-order valence-electron chi connectivity index (χ1n) is 14.2. The minimum absolute atomic E-state index is 0.0364. The molecular formula is C28H48N4O3S. The number of amides is 4. The second kappa shape index (κ2) is 10.8. The summed E-state index contributed by atoms with van der Waals surface area (Å²) in [6, 6.07) is 0.101. The lowest BCUT2D eigenvalue weighted by molar-refractivity contribution is -0.160. The summed E-state index contributed by atoms with van der Waals surface area (Å²) < 4.78 is 2.89. The normalized spacial score (nSPS) is 37.8. The lowest BCUT2D eigenvalue weighted by Gasteiger charge is -2.61. The Bertz CT molecular complexity index is 853. The van der Waals surface area contributed by atoms with Crippen molar-refractivity contribution in [3.8, 4) is 0 Å². The quantitative estimate of drug-likeness (QED) is 0.496. The second-order valence-corrected chi connectivity index (χ2v) is 13.7. The van der Waals surface area contributed by atoms with Crippen LogP contribution < -0.4 is 4.72 Å². The standard InChI is InChI=1S/C28H48N4O3S/c1-7-36-29-26(35)32(18-8-17-30(4)5)25(34)22-11-10-20-19-9-12-23-28(3,16-14-24(33)31(23)6)21(19)13-15-27(20,22)2/h19-23H,7-18H2,1-6H3,(H,29,35)/t19-,20-,21-,22+,23+,27-,28+/m0/s1. The Morgan fingerprint density at radius 1 is 1.03 bits per heavy atom. The molecule has 8 heteroatoms. The average Bonchev–Trinajstić information content (AvgIpc) is 3.19. The number of hydrogen-bond acceptors (Lipinski definition) is 5. The summed E-state index contributed by atoms with van der Waals surface area (Å²) in [4.78, 5) is 45.2. The molecular weight excluding hydrogens is 472 g/mol. The van der Waals surface area contributed by atoms with Gasteiger partial charge in [-0.25, -0.2) is 4.79 Å². The molecule has 0 aromatic carbocycles. The van der Waals surface area contributed by atoms with Gasteiger partial charge in [0.05, 0.1) is 0 Å². The lowest BCUT2D eigenvalue weighted by Crippen LogP contribution is -2.61. The smallest absolute Gasteiger partial charge is 0.334 e. The Kier molecular flexibility index (Phi) is 8.35. The molecule has 0 aromatic rings.